The maximum atomic E-state index is 12.9. The predicted octanol–water partition coefficient (Wildman–Crippen LogP) is 21.4. The van der Waals surface area contributed by atoms with E-state index < -0.39 is 12.1 Å². The topological polar surface area (TPSA) is 78.9 Å². The molecule has 0 N–H and O–H groups in total. The van der Waals surface area contributed by atoms with Crippen molar-refractivity contribution in [2.45, 2.75) is 232 Å². The Kier molecular flexibility index (Phi) is 60.1. The van der Waals surface area contributed by atoms with Crippen LogP contribution in [-0.2, 0) is 28.6 Å². The zero-order valence-corrected chi connectivity index (χ0v) is 50.0. The van der Waals surface area contributed by atoms with E-state index in [-0.39, 0.29) is 38.0 Å². The largest absolute Gasteiger partial charge is 0.462 e. The first kappa shape index (κ1) is 73.2. The molecular weight excluding hydrogens is 973 g/mol. The molecular formula is C73H110O6. The molecule has 0 fully saturated rings. The Bertz CT molecular complexity index is 1920. The van der Waals surface area contributed by atoms with Crippen molar-refractivity contribution in [3.05, 3.63) is 194 Å². The molecule has 0 spiro atoms. The molecule has 0 heterocycles. The van der Waals surface area contributed by atoms with Crippen molar-refractivity contribution < 1.29 is 28.6 Å². The summed E-state index contributed by atoms with van der Waals surface area (Å²) >= 11 is 0. The molecule has 1 unspecified atom stereocenters. The van der Waals surface area contributed by atoms with Gasteiger partial charge >= 0.3 is 17.9 Å². The molecule has 0 aromatic rings. The van der Waals surface area contributed by atoms with Crippen LogP contribution >= 0.6 is 0 Å². The van der Waals surface area contributed by atoms with Gasteiger partial charge in [-0.15, -0.1) is 0 Å². The van der Waals surface area contributed by atoms with Crippen molar-refractivity contribution in [3.63, 3.8) is 0 Å². The Morgan fingerprint density at radius 2 is 0.506 bits per heavy atom. The summed E-state index contributed by atoms with van der Waals surface area (Å²) in [6.45, 7) is 6.26. The Balaban J connectivity index is 4.54. The Morgan fingerprint density at radius 1 is 0.266 bits per heavy atom. The Labute approximate surface area is 484 Å². The number of ether oxygens (including phenoxy) is 3. The number of rotatable bonds is 53. The molecule has 0 aliphatic heterocycles. The minimum Gasteiger partial charge on any atom is -0.462 e. The first-order valence-corrected chi connectivity index (χ1v) is 30.9. The fourth-order valence-corrected chi connectivity index (χ4v) is 7.48. The molecule has 1 atom stereocenters. The Hall–Kier alpha value is -5.75. The third kappa shape index (κ3) is 63.0. The summed E-state index contributed by atoms with van der Waals surface area (Å²) in [7, 11) is 0. The molecule has 0 saturated heterocycles. The van der Waals surface area contributed by atoms with Gasteiger partial charge in [0, 0.05) is 19.3 Å². The van der Waals surface area contributed by atoms with Crippen molar-refractivity contribution in [1.29, 1.82) is 0 Å². The lowest BCUT2D eigenvalue weighted by atomic mass is 10.1. The van der Waals surface area contributed by atoms with Crippen molar-refractivity contribution in [2.24, 2.45) is 0 Å². The molecule has 0 aromatic heterocycles. The van der Waals surface area contributed by atoms with Gasteiger partial charge < -0.3 is 14.2 Å². The van der Waals surface area contributed by atoms with E-state index in [1.807, 2.05) is 0 Å². The number of unbranched alkanes of at least 4 members (excludes halogenated alkanes) is 10. The normalized spacial score (nSPS) is 13.5. The fourth-order valence-electron chi connectivity index (χ4n) is 7.48. The number of esters is 3. The molecule has 0 radical (unpaired) electrons. The minimum atomic E-state index is -0.843. The van der Waals surface area contributed by atoms with Gasteiger partial charge in [-0.25, -0.2) is 0 Å². The average molecular weight is 1080 g/mol. The second kappa shape index (κ2) is 64.8. The second-order valence-corrected chi connectivity index (χ2v) is 19.5. The molecule has 438 valence electrons. The summed E-state index contributed by atoms with van der Waals surface area (Å²) in [4.78, 5) is 38.2. The molecule has 0 rings (SSSR count). The van der Waals surface area contributed by atoms with Crippen LogP contribution in [-0.4, -0.2) is 37.2 Å². The summed E-state index contributed by atoms with van der Waals surface area (Å²) in [5, 5.41) is 0. The van der Waals surface area contributed by atoms with Gasteiger partial charge in [0.05, 0.1) is 0 Å². The van der Waals surface area contributed by atoms with Gasteiger partial charge in [0.1, 0.15) is 13.2 Å². The van der Waals surface area contributed by atoms with Crippen LogP contribution in [0.5, 0.6) is 0 Å². The highest BCUT2D eigenvalue weighted by atomic mass is 16.6. The number of carbonyl (C=O) groups excluding carboxylic acids is 3. The first-order valence-electron chi connectivity index (χ1n) is 30.9. The molecule has 6 heteroatoms. The molecule has 0 aliphatic carbocycles. The van der Waals surface area contributed by atoms with E-state index in [1.165, 1.54) is 19.3 Å². The van der Waals surface area contributed by atoms with Gasteiger partial charge in [0.2, 0.25) is 0 Å². The maximum absolute atomic E-state index is 12.9. The quantitative estimate of drug-likeness (QED) is 0.0261. The van der Waals surface area contributed by atoms with Crippen LogP contribution in [0.15, 0.2) is 194 Å². The first-order chi connectivity index (χ1) is 39.0. The highest BCUT2D eigenvalue weighted by Crippen LogP contribution is 2.11. The smallest absolute Gasteiger partial charge is 0.306 e. The average Bonchev–Trinajstić information content (AvgIpc) is 3.45. The van der Waals surface area contributed by atoms with Crippen LogP contribution in [0.1, 0.15) is 226 Å². The van der Waals surface area contributed by atoms with E-state index in [4.69, 9.17) is 14.2 Å². The van der Waals surface area contributed by atoms with Crippen LogP contribution in [0.3, 0.4) is 0 Å². The molecule has 0 bridgehead atoms. The molecule has 6 nitrogen and oxygen atoms in total. The fraction of sp³-hybridized carbons (Fsp3) is 0.521. The van der Waals surface area contributed by atoms with E-state index >= 15 is 0 Å². The van der Waals surface area contributed by atoms with Crippen molar-refractivity contribution in [3.8, 4) is 0 Å². The predicted molar refractivity (Wildman–Crippen MR) is 343 cm³/mol. The zero-order valence-electron chi connectivity index (χ0n) is 50.0. The van der Waals surface area contributed by atoms with E-state index in [2.05, 4.69) is 215 Å². The summed E-state index contributed by atoms with van der Waals surface area (Å²) in [5.41, 5.74) is 0. The van der Waals surface area contributed by atoms with Crippen LogP contribution in [0.2, 0.25) is 0 Å². The van der Waals surface area contributed by atoms with Gasteiger partial charge in [-0.1, -0.05) is 247 Å². The molecule has 0 saturated carbocycles. The molecule has 79 heavy (non-hydrogen) atoms. The highest BCUT2D eigenvalue weighted by molar-refractivity contribution is 5.71. The SMILES string of the molecule is CC/C=C\C/C=C\C/C=C\C/C=C\C/C=C\C/C=C\C/C=C\C/C=C\CCCCC(=O)OCC(COC(=O)CCCCCCC/C=C\CCCC)OC(=O)CCC/C=C\C/C=C\C/C=C\C/C=C\C/C=C\C/C=C\C/C=C\CC. The number of allylic oxidation sites excluding steroid dienone is 32. The summed E-state index contributed by atoms with van der Waals surface area (Å²) in [6.07, 6.45) is 98.7. The monoisotopic (exact) mass is 1080 g/mol. The summed E-state index contributed by atoms with van der Waals surface area (Å²) in [5.74, 6) is -1.06. The number of carbonyl (C=O) groups is 3. The van der Waals surface area contributed by atoms with E-state index in [9.17, 15) is 14.4 Å². The lowest BCUT2D eigenvalue weighted by Crippen LogP contribution is -2.30. The number of hydrogen-bond acceptors (Lipinski definition) is 6. The lowest BCUT2D eigenvalue weighted by Gasteiger charge is -2.18. The zero-order chi connectivity index (χ0) is 57.1. The summed E-state index contributed by atoms with van der Waals surface area (Å²) < 4.78 is 16.8. The van der Waals surface area contributed by atoms with Crippen LogP contribution < -0.4 is 0 Å². The standard InChI is InChI=1S/C73H110O6/c1-4-7-10-13-16-19-22-24-26-28-30-32-34-35-36-37-39-40-42-44-46-48-51-54-57-60-63-66-72(75)78-69-70(68-77-71(74)65-62-59-56-53-50-21-18-15-12-9-6-3)79-73(76)67-64-61-58-55-52-49-47-45-43-41-38-33-31-29-27-25-23-20-17-14-11-8-5-2/h7-8,10-11,15-20,24-27,30-33,35-36,39-41,43-44,46-47,49,51,54-55,58,70H,4-6,9,12-14,21-23,28-29,34,37-38,42,45,48,50,52-53,56-57,59-69H2,1-3H3/b10-7-,11-8-,18-15-,19-16-,20-17-,26-24-,27-25-,32-30-,33-31-,36-35-,40-39-,43-41-,46-44-,49-47-,54-51-,58-55-. The van der Waals surface area contributed by atoms with Gasteiger partial charge in [-0.3, -0.25) is 14.4 Å². The summed E-state index contributed by atoms with van der Waals surface area (Å²) in [6, 6.07) is 0. The molecule has 0 aromatic carbocycles. The molecule has 0 aliphatic rings. The van der Waals surface area contributed by atoms with E-state index in [1.54, 1.807) is 0 Å². The van der Waals surface area contributed by atoms with Gasteiger partial charge in [-0.2, -0.15) is 0 Å². The molecule has 0 amide bonds. The third-order valence-corrected chi connectivity index (χ3v) is 12.1. The number of hydrogen-bond donors (Lipinski definition) is 0. The maximum Gasteiger partial charge on any atom is 0.306 e. The second-order valence-electron chi connectivity index (χ2n) is 19.5. The van der Waals surface area contributed by atoms with Gasteiger partial charge in [0.15, 0.2) is 6.10 Å². The van der Waals surface area contributed by atoms with E-state index in [0.29, 0.717) is 19.3 Å². The van der Waals surface area contributed by atoms with Crippen LogP contribution in [0.25, 0.3) is 0 Å². The van der Waals surface area contributed by atoms with Crippen LogP contribution in [0.4, 0.5) is 0 Å². The van der Waals surface area contributed by atoms with E-state index in [0.717, 1.165) is 154 Å². The van der Waals surface area contributed by atoms with Gasteiger partial charge in [-0.05, 0) is 154 Å². The minimum absolute atomic E-state index is 0.130. The lowest BCUT2D eigenvalue weighted by molar-refractivity contribution is -0.167. The van der Waals surface area contributed by atoms with Crippen molar-refractivity contribution in [2.75, 3.05) is 13.2 Å². The van der Waals surface area contributed by atoms with Crippen molar-refractivity contribution >= 4 is 17.9 Å². The van der Waals surface area contributed by atoms with Crippen LogP contribution in [0, 0.1) is 0 Å². The Morgan fingerprint density at radius 3 is 0.848 bits per heavy atom. The van der Waals surface area contributed by atoms with Gasteiger partial charge in [0.25, 0.3) is 0 Å². The third-order valence-electron chi connectivity index (χ3n) is 12.1. The highest BCUT2D eigenvalue weighted by Gasteiger charge is 2.19. The van der Waals surface area contributed by atoms with Crippen molar-refractivity contribution in [1.82, 2.24) is 0 Å².